The summed E-state index contributed by atoms with van der Waals surface area (Å²) in [5.41, 5.74) is 3.13. The predicted octanol–water partition coefficient (Wildman–Crippen LogP) is 4.41. The van der Waals surface area contributed by atoms with Gasteiger partial charge in [0.05, 0.1) is 25.5 Å². The lowest BCUT2D eigenvalue weighted by Gasteiger charge is -2.18. The number of aromatic nitrogens is 4. The number of rotatable bonds is 6. The summed E-state index contributed by atoms with van der Waals surface area (Å²) < 4.78 is 14.9. The molecule has 4 aromatic rings. The van der Waals surface area contributed by atoms with Gasteiger partial charge in [0.2, 0.25) is 0 Å². The Hall–Kier alpha value is -3.61. The monoisotopic (exact) mass is 418 g/mol. The van der Waals surface area contributed by atoms with E-state index < -0.39 is 5.69 Å². The van der Waals surface area contributed by atoms with Crippen LogP contribution in [-0.4, -0.2) is 33.3 Å². The number of benzene rings is 2. The van der Waals surface area contributed by atoms with Crippen molar-refractivity contribution in [3.63, 3.8) is 0 Å². The van der Waals surface area contributed by atoms with Crippen LogP contribution in [0.4, 0.5) is 0 Å². The van der Waals surface area contributed by atoms with Gasteiger partial charge in [-0.05, 0) is 48.7 Å². The summed E-state index contributed by atoms with van der Waals surface area (Å²) in [6.45, 7) is 7.16. The van der Waals surface area contributed by atoms with Crippen LogP contribution in [0.2, 0.25) is 0 Å². The molecule has 0 amide bonds. The molecule has 0 bridgehead atoms. The van der Waals surface area contributed by atoms with Crippen molar-refractivity contribution < 1.29 is 9.47 Å². The van der Waals surface area contributed by atoms with Crippen molar-refractivity contribution in [3.05, 3.63) is 65.0 Å². The molecule has 0 spiro atoms. The van der Waals surface area contributed by atoms with Crippen LogP contribution in [-0.2, 0) is 6.54 Å². The molecule has 160 valence electrons. The maximum atomic E-state index is 12.9. The molecular formula is C24H26N4O3. The minimum atomic E-state index is -0.400. The van der Waals surface area contributed by atoms with Crippen molar-refractivity contribution in [2.45, 2.75) is 33.2 Å². The third-order valence-corrected chi connectivity index (χ3v) is 5.52. The zero-order chi connectivity index (χ0) is 22.1. The Kier molecular flexibility index (Phi) is 5.50. The van der Waals surface area contributed by atoms with Crippen molar-refractivity contribution in [3.8, 4) is 28.6 Å². The third kappa shape index (κ3) is 3.56. The minimum absolute atomic E-state index is 0.215. The van der Waals surface area contributed by atoms with Gasteiger partial charge in [0.1, 0.15) is 17.8 Å². The maximum absolute atomic E-state index is 12.9. The zero-order valence-electron chi connectivity index (χ0n) is 18.4. The first-order valence-corrected chi connectivity index (χ1v) is 10.3. The lowest BCUT2D eigenvalue weighted by Crippen LogP contribution is -2.24. The van der Waals surface area contributed by atoms with Gasteiger partial charge < -0.3 is 14.0 Å². The number of hydrogen-bond acceptors (Lipinski definition) is 5. The second kappa shape index (κ2) is 8.26. The molecule has 0 fully saturated rings. The predicted molar refractivity (Wildman–Crippen MR) is 121 cm³/mol. The van der Waals surface area contributed by atoms with E-state index in [1.54, 1.807) is 14.2 Å². The largest absolute Gasteiger partial charge is 0.496 e. The molecule has 0 atom stereocenters. The average molecular weight is 418 g/mol. The van der Waals surface area contributed by atoms with Gasteiger partial charge in [0.15, 0.2) is 5.82 Å². The van der Waals surface area contributed by atoms with E-state index >= 15 is 0 Å². The van der Waals surface area contributed by atoms with Crippen LogP contribution in [0.15, 0.2) is 53.7 Å². The molecule has 4 rings (SSSR count). The van der Waals surface area contributed by atoms with Gasteiger partial charge in [-0.3, -0.25) is 0 Å². The van der Waals surface area contributed by atoms with Crippen LogP contribution in [0.25, 0.3) is 28.0 Å². The van der Waals surface area contributed by atoms with Crippen LogP contribution in [0.5, 0.6) is 11.5 Å². The standard InChI is InChI=1S/C24H26N4O3/c1-6-27-10-9-16-11-17(7-8-20(16)27)28-23(25-14-26-24(28)29)19-12-18(15(2)3)21(30-4)13-22(19)31-5/h7-15H,6H2,1-5H3. The molecule has 0 saturated heterocycles. The first kappa shape index (κ1) is 20.7. The van der Waals surface area contributed by atoms with Gasteiger partial charge in [0.25, 0.3) is 0 Å². The molecule has 0 unspecified atom stereocenters. The van der Waals surface area contributed by atoms with Gasteiger partial charge in [-0.15, -0.1) is 0 Å². The second-order valence-electron chi connectivity index (χ2n) is 7.61. The van der Waals surface area contributed by atoms with Gasteiger partial charge >= 0.3 is 5.69 Å². The van der Waals surface area contributed by atoms with Crippen LogP contribution in [0, 0.1) is 0 Å². The zero-order valence-corrected chi connectivity index (χ0v) is 18.4. The lowest BCUT2D eigenvalue weighted by atomic mass is 9.98. The smallest absolute Gasteiger partial charge is 0.355 e. The number of fused-ring (bicyclic) bond motifs is 1. The molecule has 7 heteroatoms. The molecule has 0 N–H and O–H groups in total. The van der Waals surface area contributed by atoms with Crippen molar-refractivity contribution in [1.29, 1.82) is 0 Å². The van der Waals surface area contributed by atoms with E-state index in [4.69, 9.17) is 9.47 Å². The Balaban J connectivity index is 1.98. The molecule has 2 heterocycles. The van der Waals surface area contributed by atoms with E-state index in [0.29, 0.717) is 22.8 Å². The molecule has 0 aliphatic heterocycles. The first-order valence-electron chi connectivity index (χ1n) is 10.3. The molecular weight excluding hydrogens is 392 g/mol. The molecule has 31 heavy (non-hydrogen) atoms. The van der Waals surface area contributed by atoms with Crippen molar-refractivity contribution in [2.24, 2.45) is 0 Å². The number of hydrogen-bond donors (Lipinski definition) is 0. The van der Waals surface area contributed by atoms with Crippen molar-refractivity contribution in [2.75, 3.05) is 14.2 Å². The highest BCUT2D eigenvalue weighted by atomic mass is 16.5. The molecule has 2 aromatic heterocycles. The fourth-order valence-corrected chi connectivity index (χ4v) is 3.91. The SMILES string of the molecule is CCn1ccc2cc(-n3c(-c4cc(C(C)C)c(OC)cc4OC)ncnc3=O)ccc21. The van der Waals surface area contributed by atoms with Gasteiger partial charge in [0, 0.05) is 29.7 Å². The molecule has 0 saturated carbocycles. The Labute approximate surface area is 180 Å². The fraction of sp³-hybridized carbons (Fsp3) is 0.292. The first-order chi connectivity index (χ1) is 15.0. The summed E-state index contributed by atoms with van der Waals surface area (Å²) in [5, 5.41) is 1.05. The van der Waals surface area contributed by atoms with E-state index in [1.165, 1.54) is 10.9 Å². The lowest BCUT2D eigenvalue weighted by molar-refractivity contribution is 0.390. The number of aryl methyl sites for hydroxylation is 1. The summed E-state index contributed by atoms with van der Waals surface area (Å²) in [7, 11) is 3.23. The van der Waals surface area contributed by atoms with Crippen LogP contribution in [0.3, 0.4) is 0 Å². The normalized spacial score (nSPS) is 11.3. The fourth-order valence-electron chi connectivity index (χ4n) is 3.91. The maximum Gasteiger partial charge on any atom is 0.355 e. The molecule has 0 aliphatic rings. The Morgan fingerprint density at radius 1 is 1.00 bits per heavy atom. The summed E-state index contributed by atoms with van der Waals surface area (Å²) in [5.74, 6) is 2.00. The van der Waals surface area contributed by atoms with Gasteiger partial charge in [-0.2, -0.15) is 4.98 Å². The topological polar surface area (TPSA) is 71.2 Å². The molecule has 2 aromatic carbocycles. The molecule has 0 aliphatic carbocycles. The highest BCUT2D eigenvalue weighted by Gasteiger charge is 2.20. The van der Waals surface area contributed by atoms with E-state index in [-0.39, 0.29) is 5.92 Å². The Morgan fingerprint density at radius 3 is 2.45 bits per heavy atom. The summed E-state index contributed by atoms with van der Waals surface area (Å²) in [6, 6.07) is 11.8. The quantitative estimate of drug-likeness (QED) is 0.464. The Morgan fingerprint density at radius 2 is 1.77 bits per heavy atom. The molecule has 0 radical (unpaired) electrons. The van der Waals surface area contributed by atoms with Crippen molar-refractivity contribution >= 4 is 10.9 Å². The summed E-state index contributed by atoms with van der Waals surface area (Å²) in [6.07, 6.45) is 3.33. The Bertz CT molecular complexity index is 1300. The average Bonchev–Trinajstić information content (AvgIpc) is 3.20. The van der Waals surface area contributed by atoms with E-state index in [9.17, 15) is 4.79 Å². The van der Waals surface area contributed by atoms with Crippen molar-refractivity contribution in [1.82, 2.24) is 19.1 Å². The highest BCUT2D eigenvalue weighted by Crippen LogP contribution is 2.38. The van der Waals surface area contributed by atoms with Crippen LogP contribution >= 0.6 is 0 Å². The number of ether oxygens (including phenoxy) is 2. The highest BCUT2D eigenvalue weighted by molar-refractivity contribution is 5.83. The van der Waals surface area contributed by atoms with Crippen LogP contribution in [0.1, 0.15) is 32.3 Å². The van der Waals surface area contributed by atoms with Gasteiger partial charge in [-0.25, -0.2) is 14.3 Å². The van der Waals surface area contributed by atoms with E-state index in [2.05, 4.69) is 35.3 Å². The van der Waals surface area contributed by atoms with E-state index in [0.717, 1.165) is 28.8 Å². The summed E-state index contributed by atoms with van der Waals surface area (Å²) in [4.78, 5) is 21.3. The number of methoxy groups -OCH3 is 2. The second-order valence-corrected chi connectivity index (χ2v) is 7.61. The van der Waals surface area contributed by atoms with Crippen LogP contribution < -0.4 is 15.2 Å². The number of nitrogens with zero attached hydrogens (tertiary/aromatic N) is 4. The summed E-state index contributed by atoms with van der Waals surface area (Å²) >= 11 is 0. The minimum Gasteiger partial charge on any atom is -0.496 e. The van der Waals surface area contributed by atoms with E-state index in [1.807, 2.05) is 42.6 Å². The van der Waals surface area contributed by atoms with Gasteiger partial charge in [-0.1, -0.05) is 13.8 Å². The molecule has 7 nitrogen and oxygen atoms in total. The third-order valence-electron chi connectivity index (χ3n) is 5.52.